The van der Waals surface area contributed by atoms with Gasteiger partial charge in [-0.05, 0) is 44.5 Å². The largest absolute Gasteiger partial charge is 0.373 e. The molecule has 0 aromatic heterocycles. The highest BCUT2D eigenvalue weighted by atomic mass is 16.5. The molecule has 0 spiro atoms. The Kier molecular flexibility index (Phi) is 5.18. The molecule has 5 nitrogen and oxygen atoms in total. The molecule has 0 saturated carbocycles. The molecule has 2 aliphatic heterocycles. The van der Waals surface area contributed by atoms with Gasteiger partial charge in [-0.2, -0.15) is 0 Å². The molecular weight excluding hydrogens is 288 g/mol. The summed E-state index contributed by atoms with van der Waals surface area (Å²) in [6.45, 7) is 1.75. The average Bonchev–Trinajstić information content (AvgIpc) is 3.15. The van der Waals surface area contributed by atoms with Gasteiger partial charge in [-0.3, -0.25) is 4.99 Å². The Bertz CT molecular complexity index is 540. The van der Waals surface area contributed by atoms with Gasteiger partial charge in [0.15, 0.2) is 5.96 Å². The van der Waals surface area contributed by atoms with Crippen LogP contribution < -0.4 is 10.6 Å². The molecule has 0 aliphatic carbocycles. The third-order valence-electron chi connectivity index (χ3n) is 4.63. The van der Waals surface area contributed by atoms with E-state index in [1.165, 1.54) is 24.0 Å². The number of hydrogen-bond acceptors (Lipinski definition) is 3. The van der Waals surface area contributed by atoms with E-state index in [-0.39, 0.29) is 0 Å². The molecule has 2 N–H and O–H groups in total. The lowest BCUT2D eigenvalue weighted by Gasteiger charge is -2.22. The number of ether oxygens (including phenoxy) is 1. The maximum atomic E-state index is 5.89. The van der Waals surface area contributed by atoms with E-state index in [4.69, 9.17) is 4.74 Å². The lowest BCUT2D eigenvalue weighted by molar-refractivity contribution is 0.0992. The molecule has 2 aliphatic rings. The Balaban J connectivity index is 1.48. The van der Waals surface area contributed by atoms with Gasteiger partial charge in [0.05, 0.1) is 18.2 Å². The molecule has 3 rings (SSSR count). The lowest BCUT2D eigenvalue weighted by Crippen LogP contribution is -2.47. The van der Waals surface area contributed by atoms with E-state index in [9.17, 15) is 0 Å². The first-order valence-corrected chi connectivity index (χ1v) is 8.49. The molecule has 3 unspecified atom stereocenters. The molecule has 3 atom stereocenters. The van der Waals surface area contributed by atoms with Crippen molar-refractivity contribution in [2.24, 2.45) is 4.99 Å². The van der Waals surface area contributed by atoms with E-state index in [1.54, 1.807) is 0 Å². The van der Waals surface area contributed by atoms with Crippen molar-refractivity contribution in [3.05, 3.63) is 35.4 Å². The van der Waals surface area contributed by atoms with Crippen LogP contribution in [0.2, 0.25) is 0 Å². The molecular formula is C18H28N4O. The van der Waals surface area contributed by atoms with Gasteiger partial charge < -0.3 is 20.3 Å². The van der Waals surface area contributed by atoms with Crippen molar-refractivity contribution >= 4 is 5.96 Å². The topological polar surface area (TPSA) is 48.9 Å². The lowest BCUT2D eigenvalue weighted by atomic mass is 9.96. The van der Waals surface area contributed by atoms with E-state index < -0.39 is 0 Å². The zero-order chi connectivity index (χ0) is 16.2. The number of nitrogens with one attached hydrogen (secondary N) is 2. The molecule has 2 heterocycles. The third-order valence-corrected chi connectivity index (χ3v) is 4.63. The van der Waals surface area contributed by atoms with Crippen molar-refractivity contribution in [2.75, 3.05) is 21.1 Å². The quantitative estimate of drug-likeness (QED) is 0.642. The number of guanidine groups is 1. The van der Waals surface area contributed by atoms with E-state index >= 15 is 0 Å². The van der Waals surface area contributed by atoms with Gasteiger partial charge in [-0.15, -0.1) is 0 Å². The highest BCUT2D eigenvalue weighted by Crippen LogP contribution is 2.34. The molecule has 2 fully saturated rings. The van der Waals surface area contributed by atoms with Gasteiger partial charge in [0.1, 0.15) is 0 Å². The standard InChI is InChI=1S/C18H28N4O/c1-19-18(21-16-10-15-8-9-17(16)23-15)20-11-13-4-6-14(7-5-13)12-22(2)3/h4-7,15-17H,8-12H2,1-3H3,(H2,19,20,21). The maximum Gasteiger partial charge on any atom is 0.191 e. The number of fused-ring (bicyclic) bond motifs is 2. The van der Waals surface area contributed by atoms with Crippen LogP contribution in [0.5, 0.6) is 0 Å². The number of nitrogens with zero attached hydrogens (tertiary/aromatic N) is 2. The minimum Gasteiger partial charge on any atom is -0.373 e. The average molecular weight is 316 g/mol. The monoisotopic (exact) mass is 316 g/mol. The normalized spacial score (nSPS) is 26.8. The van der Waals surface area contributed by atoms with Crippen LogP contribution in [-0.4, -0.2) is 50.3 Å². The predicted molar refractivity (Wildman–Crippen MR) is 93.5 cm³/mol. The third kappa shape index (κ3) is 4.24. The Morgan fingerprint density at radius 3 is 2.52 bits per heavy atom. The van der Waals surface area contributed by atoms with E-state index in [0.717, 1.165) is 25.5 Å². The summed E-state index contributed by atoms with van der Waals surface area (Å²) in [5.74, 6) is 0.864. The first-order chi connectivity index (χ1) is 11.1. The summed E-state index contributed by atoms with van der Waals surface area (Å²) in [7, 11) is 6.00. The molecule has 0 radical (unpaired) electrons. The Morgan fingerprint density at radius 1 is 1.22 bits per heavy atom. The van der Waals surface area contributed by atoms with Crippen molar-refractivity contribution in [1.82, 2.24) is 15.5 Å². The van der Waals surface area contributed by atoms with Crippen LogP contribution in [0.3, 0.4) is 0 Å². The van der Waals surface area contributed by atoms with E-state index in [1.807, 2.05) is 7.05 Å². The van der Waals surface area contributed by atoms with Gasteiger partial charge in [0.25, 0.3) is 0 Å². The van der Waals surface area contributed by atoms with Crippen molar-refractivity contribution in [1.29, 1.82) is 0 Å². The zero-order valence-corrected chi connectivity index (χ0v) is 14.4. The van der Waals surface area contributed by atoms with Crippen LogP contribution in [0.4, 0.5) is 0 Å². The van der Waals surface area contributed by atoms with Crippen LogP contribution in [0.25, 0.3) is 0 Å². The van der Waals surface area contributed by atoms with Crippen LogP contribution in [0, 0.1) is 0 Å². The molecule has 2 bridgehead atoms. The van der Waals surface area contributed by atoms with Crippen LogP contribution in [0.15, 0.2) is 29.3 Å². The van der Waals surface area contributed by atoms with Gasteiger partial charge >= 0.3 is 0 Å². The van der Waals surface area contributed by atoms with Gasteiger partial charge in [0, 0.05) is 20.1 Å². The first kappa shape index (κ1) is 16.3. The van der Waals surface area contributed by atoms with Gasteiger partial charge in [-0.25, -0.2) is 0 Å². The second-order valence-electron chi connectivity index (χ2n) is 6.84. The number of hydrogen-bond donors (Lipinski definition) is 2. The molecule has 2 saturated heterocycles. The van der Waals surface area contributed by atoms with Crippen LogP contribution in [-0.2, 0) is 17.8 Å². The molecule has 0 amide bonds. The fraction of sp³-hybridized carbons (Fsp3) is 0.611. The molecule has 23 heavy (non-hydrogen) atoms. The molecule has 1 aromatic carbocycles. The Hall–Kier alpha value is -1.59. The number of rotatable bonds is 5. The molecule has 5 heteroatoms. The summed E-state index contributed by atoms with van der Waals surface area (Å²) in [5, 5.41) is 6.92. The van der Waals surface area contributed by atoms with Gasteiger partial charge in [-0.1, -0.05) is 24.3 Å². The molecule has 126 valence electrons. The highest BCUT2D eigenvalue weighted by molar-refractivity contribution is 5.80. The summed E-state index contributed by atoms with van der Waals surface area (Å²) >= 11 is 0. The SMILES string of the molecule is CN=C(NCc1ccc(CN(C)C)cc1)NC1CC2CCC1O2. The fourth-order valence-corrected chi connectivity index (χ4v) is 3.47. The Morgan fingerprint density at radius 2 is 1.96 bits per heavy atom. The summed E-state index contributed by atoms with van der Waals surface area (Å²) in [5.41, 5.74) is 2.60. The highest BCUT2D eigenvalue weighted by Gasteiger charge is 2.41. The summed E-state index contributed by atoms with van der Waals surface area (Å²) < 4.78 is 5.89. The number of benzene rings is 1. The second kappa shape index (κ2) is 7.32. The first-order valence-electron chi connectivity index (χ1n) is 8.49. The van der Waals surface area contributed by atoms with Crippen molar-refractivity contribution < 1.29 is 4.74 Å². The minimum absolute atomic E-state index is 0.365. The van der Waals surface area contributed by atoms with Crippen LogP contribution in [0.1, 0.15) is 30.4 Å². The number of aliphatic imine (C=N–C) groups is 1. The van der Waals surface area contributed by atoms with Crippen molar-refractivity contribution in [3.63, 3.8) is 0 Å². The van der Waals surface area contributed by atoms with Crippen molar-refractivity contribution in [3.8, 4) is 0 Å². The smallest absolute Gasteiger partial charge is 0.191 e. The summed E-state index contributed by atoms with van der Waals surface area (Å²) in [6, 6.07) is 9.15. The van der Waals surface area contributed by atoms with E-state index in [2.05, 4.69) is 58.9 Å². The van der Waals surface area contributed by atoms with Crippen LogP contribution >= 0.6 is 0 Å². The summed E-state index contributed by atoms with van der Waals surface area (Å²) in [4.78, 5) is 6.52. The second-order valence-corrected chi connectivity index (χ2v) is 6.84. The zero-order valence-electron chi connectivity index (χ0n) is 14.4. The van der Waals surface area contributed by atoms with E-state index in [0.29, 0.717) is 18.2 Å². The van der Waals surface area contributed by atoms with Crippen molar-refractivity contribution in [2.45, 2.75) is 50.6 Å². The van der Waals surface area contributed by atoms with Gasteiger partial charge in [0.2, 0.25) is 0 Å². The molecule has 1 aromatic rings. The summed E-state index contributed by atoms with van der Waals surface area (Å²) in [6.07, 6.45) is 4.31. The maximum absolute atomic E-state index is 5.89. The predicted octanol–water partition coefficient (Wildman–Crippen LogP) is 1.73. The minimum atomic E-state index is 0.365. The Labute approximate surface area is 139 Å². The fourth-order valence-electron chi connectivity index (χ4n) is 3.47.